The molecule has 18 heavy (non-hydrogen) atoms. The van der Waals surface area contributed by atoms with Crippen molar-refractivity contribution >= 4 is 0 Å². The summed E-state index contributed by atoms with van der Waals surface area (Å²) in [6, 6.07) is 7.86. The van der Waals surface area contributed by atoms with Crippen LogP contribution in [0.1, 0.15) is 31.3 Å². The largest absolute Gasteiger partial charge is 0.497 e. The van der Waals surface area contributed by atoms with Crippen LogP contribution in [0.2, 0.25) is 0 Å². The second-order valence-electron chi connectivity index (χ2n) is 4.44. The fourth-order valence-corrected chi connectivity index (χ4v) is 1.96. The predicted octanol–water partition coefficient (Wildman–Crippen LogP) is 1.75. The standard InChI is InChI=1S/C13H17N3O2/c1-9(2)16-12(14-15-13(16)17)8-10-5-4-6-11(7-10)18-3/h4-7,9H,8H2,1-3H3,(H,15,17). The Balaban J connectivity index is 2.31. The van der Waals surface area contributed by atoms with Gasteiger partial charge in [0, 0.05) is 12.5 Å². The Morgan fingerprint density at radius 1 is 1.44 bits per heavy atom. The maximum absolute atomic E-state index is 11.6. The highest BCUT2D eigenvalue weighted by Gasteiger charge is 2.11. The minimum atomic E-state index is -0.164. The van der Waals surface area contributed by atoms with Crippen LogP contribution in [0.3, 0.4) is 0 Å². The van der Waals surface area contributed by atoms with Crippen LogP contribution in [0.25, 0.3) is 0 Å². The normalized spacial score (nSPS) is 10.9. The van der Waals surface area contributed by atoms with Crippen LogP contribution in [0.4, 0.5) is 0 Å². The summed E-state index contributed by atoms with van der Waals surface area (Å²) in [5.41, 5.74) is 0.901. The zero-order valence-electron chi connectivity index (χ0n) is 10.8. The van der Waals surface area contributed by atoms with E-state index >= 15 is 0 Å². The third-order valence-electron chi connectivity index (χ3n) is 2.79. The first-order valence-corrected chi connectivity index (χ1v) is 5.90. The predicted molar refractivity (Wildman–Crippen MR) is 69.0 cm³/mol. The highest BCUT2D eigenvalue weighted by atomic mass is 16.5. The average Bonchev–Trinajstić information content (AvgIpc) is 2.70. The van der Waals surface area contributed by atoms with Gasteiger partial charge in [-0.3, -0.25) is 4.57 Å². The van der Waals surface area contributed by atoms with Gasteiger partial charge in [-0.15, -0.1) is 0 Å². The molecule has 0 saturated heterocycles. The van der Waals surface area contributed by atoms with Crippen molar-refractivity contribution in [2.75, 3.05) is 7.11 Å². The molecule has 2 rings (SSSR count). The molecule has 1 heterocycles. The molecule has 0 unspecified atom stereocenters. The lowest BCUT2D eigenvalue weighted by atomic mass is 10.1. The maximum atomic E-state index is 11.6. The molecule has 0 aliphatic carbocycles. The molecule has 5 nitrogen and oxygen atoms in total. The van der Waals surface area contributed by atoms with Gasteiger partial charge < -0.3 is 4.74 Å². The van der Waals surface area contributed by atoms with Gasteiger partial charge in [0.15, 0.2) is 0 Å². The summed E-state index contributed by atoms with van der Waals surface area (Å²) < 4.78 is 6.84. The summed E-state index contributed by atoms with van der Waals surface area (Å²) in [4.78, 5) is 11.6. The van der Waals surface area contributed by atoms with E-state index in [0.717, 1.165) is 17.1 Å². The molecular formula is C13H17N3O2. The fraction of sp³-hybridized carbons (Fsp3) is 0.385. The van der Waals surface area contributed by atoms with Crippen LogP contribution in [-0.4, -0.2) is 21.9 Å². The van der Waals surface area contributed by atoms with Crippen molar-refractivity contribution in [2.45, 2.75) is 26.3 Å². The molecule has 0 aliphatic heterocycles. The van der Waals surface area contributed by atoms with E-state index in [9.17, 15) is 4.79 Å². The second kappa shape index (κ2) is 5.08. The monoisotopic (exact) mass is 247 g/mol. The summed E-state index contributed by atoms with van der Waals surface area (Å²) in [6.07, 6.45) is 0.605. The summed E-state index contributed by atoms with van der Waals surface area (Å²) in [5, 5.41) is 6.57. The van der Waals surface area contributed by atoms with Gasteiger partial charge in [0.1, 0.15) is 11.6 Å². The number of nitrogens with one attached hydrogen (secondary N) is 1. The Labute approximate surface area is 105 Å². The van der Waals surface area contributed by atoms with Crippen molar-refractivity contribution in [3.8, 4) is 5.75 Å². The van der Waals surface area contributed by atoms with E-state index in [2.05, 4.69) is 10.2 Å². The van der Waals surface area contributed by atoms with E-state index in [1.54, 1.807) is 11.7 Å². The Morgan fingerprint density at radius 3 is 2.89 bits per heavy atom. The zero-order chi connectivity index (χ0) is 13.1. The fourth-order valence-electron chi connectivity index (χ4n) is 1.96. The molecule has 0 radical (unpaired) electrons. The minimum Gasteiger partial charge on any atom is -0.497 e. The third kappa shape index (κ3) is 2.45. The number of hydrogen-bond acceptors (Lipinski definition) is 3. The maximum Gasteiger partial charge on any atom is 0.343 e. The smallest absolute Gasteiger partial charge is 0.343 e. The number of nitrogens with zero attached hydrogens (tertiary/aromatic N) is 2. The molecule has 96 valence electrons. The molecule has 1 aromatic heterocycles. The van der Waals surface area contributed by atoms with Gasteiger partial charge in [-0.25, -0.2) is 9.89 Å². The van der Waals surface area contributed by atoms with E-state index in [1.165, 1.54) is 0 Å². The number of methoxy groups -OCH3 is 1. The molecule has 2 aromatic rings. The topological polar surface area (TPSA) is 59.9 Å². The van der Waals surface area contributed by atoms with Gasteiger partial charge >= 0.3 is 5.69 Å². The van der Waals surface area contributed by atoms with Crippen molar-refractivity contribution < 1.29 is 4.74 Å². The molecule has 0 aliphatic rings. The van der Waals surface area contributed by atoms with Gasteiger partial charge in [0.05, 0.1) is 7.11 Å². The molecule has 0 spiro atoms. The van der Waals surface area contributed by atoms with Crippen LogP contribution in [0, 0.1) is 0 Å². The number of hydrogen-bond donors (Lipinski definition) is 1. The highest BCUT2D eigenvalue weighted by molar-refractivity contribution is 5.30. The lowest BCUT2D eigenvalue weighted by Gasteiger charge is -2.09. The van der Waals surface area contributed by atoms with Crippen LogP contribution < -0.4 is 10.4 Å². The highest BCUT2D eigenvalue weighted by Crippen LogP contribution is 2.15. The lowest BCUT2D eigenvalue weighted by molar-refractivity contribution is 0.414. The number of benzene rings is 1. The molecule has 0 saturated carbocycles. The number of H-pyrrole nitrogens is 1. The number of ether oxygens (including phenoxy) is 1. The Kier molecular flexibility index (Phi) is 3.50. The van der Waals surface area contributed by atoms with E-state index in [4.69, 9.17) is 4.74 Å². The van der Waals surface area contributed by atoms with Gasteiger partial charge in [-0.2, -0.15) is 5.10 Å². The number of aromatic amines is 1. The Bertz CT molecular complexity index is 584. The van der Waals surface area contributed by atoms with Gasteiger partial charge in [-0.05, 0) is 31.5 Å². The number of aromatic nitrogens is 3. The quantitative estimate of drug-likeness (QED) is 0.895. The Morgan fingerprint density at radius 2 is 2.22 bits per heavy atom. The van der Waals surface area contributed by atoms with E-state index < -0.39 is 0 Å². The average molecular weight is 247 g/mol. The molecule has 0 atom stereocenters. The first-order chi connectivity index (χ1) is 8.61. The SMILES string of the molecule is COc1cccc(Cc2n[nH]c(=O)n2C(C)C)c1. The molecule has 5 heteroatoms. The first-order valence-electron chi connectivity index (χ1n) is 5.90. The molecule has 1 aromatic carbocycles. The van der Waals surface area contributed by atoms with E-state index in [0.29, 0.717) is 6.42 Å². The molecule has 1 N–H and O–H groups in total. The van der Waals surface area contributed by atoms with Crippen LogP contribution in [0.5, 0.6) is 5.75 Å². The summed E-state index contributed by atoms with van der Waals surface area (Å²) in [5.74, 6) is 1.55. The Hall–Kier alpha value is -2.04. The lowest BCUT2D eigenvalue weighted by Crippen LogP contribution is -2.20. The van der Waals surface area contributed by atoms with E-state index in [-0.39, 0.29) is 11.7 Å². The van der Waals surface area contributed by atoms with Crippen molar-refractivity contribution in [1.82, 2.24) is 14.8 Å². The third-order valence-corrected chi connectivity index (χ3v) is 2.79. The summed E-state index contributed by atoms with van der Waals surface area (Å²) >= 11 is 0. The van der Waals surface area contributed by atoms with Gasteiger partial charge in [-0.1, -0.05) is 12.1 Å². The van der Waals surface area contributed by atoms with Crippen molar-refractivity contribution in [2.24, 2.45) is 0 Å². The van der Waals surface area contributed by atoms with E-state index in [1.807, 2.05) is 38.1 Å². The van der Waals surface area contributed by atoms with Gasteiger partial charge in [0.2, 0.25) is 0 Å². The first kappa shape index (κ1) is 12.4. The van der Waals surface area contributed by atoms with Crippen molar-refractivity contribution in [3.63, 3.8) is 0 Å². The van der Waals surface area contributed by atoms with Crippen LogP contribution in [0.15, 0.2) is 29.1 Å². The molecule has 0 fully saturated rings. The zero-order valence-corrected chi connectivity index (χ0v) is 10.8. The van der Waals surface area contributed by atoms with Crippen molar-refractivity contribution in [1.29, 1.82) is 0 Å². The van der Waals surface area contributed by atoms with Crippen molar-refractivity contribution in [3.05, 3.63) is 46.1 Å². The molecule has 0 amide bonds. The molecule has 0 bridgehead atoms. The van der Waals surface area contributed by atoms with Gasteiger partial charge in [0.25, 0.3) is 0 Å². The summed E-state index contributed by atoms with van der Waals surface area (Å²) in [7, 11) is 1.64. The van der Waals surface area contributed by atoms with Crippen LogP contribution in [-0.2, 0) is 6.42 Å². The second-order valence-corrected chi connectivity index (χ2v) is 4.44. The van der Waals surface area contributed by atoms with Crippen LogP contribution >= 0.6 is 0 Å². The minimum absolute atomic E-state index is 0.0943. The number of rotatable bonds is 4. The molecular weight excluding hydrogens is 230 g/mol. The summed E-state index contributed by atoms with van der Waals surface area (Å²) in [6.45, 7) is 3.93.